The van der Waals surface area contributed by atoms with Crippen molar-refractivity contribution >= 4 is 5.97 Å². The fourth-order valence-electron chi connectivity index (χ4n) is 2.45. The number of hydrogen-bond acceptors (Lipinski definition) is 5. The number of methoxy groups -OCH3 is 1. The molecule has 0 aliphatic carbocycles. The number of carbonyl (C=O) groups is 1. The molecule has 1 aliphatic heterocycles. The molecule has 1 saturated heterocycles. The number of ether oxygens (including phenoxy) is 1. The summed E-state index contributed by atoms with van der Waals surface area (Å²) in [5.41, 5.74) is 6.24. The molecule has 0 aromatic carbocycles. The second-order valence-corrected chi connectivity index (χ2v) is 4.73. The van der Waals surface area contributed by atoms with Gasteiger partial charge in [-0.1, -0.05) is 0 Å². The lowest BCUT2D eigenvalue weighted by molar-refractivity contribution is 0.0595. The SMILES string of the molecule is COC(=O)c1ccoc1CN1CCCC(CN)C1. The normalized spacial score (nSPS) is 20.9. The maximum Gasteiger partial charge on any atom is 0.341 e. The Balaban J connectivity index is 2.00. The van der Waals surface area contributed by atoms with Crippen LogP contribution in [0.5, 0.6) is 0 Å². The second kappa shape index (κ2) is 6.02. The van der Waals surface area contributed by atoms with Gasteiger partial charge in [-0.2, -0.15) is 0 Å². The summed E-state index contributed by atoms with van der Waals surface area (Å²) in [6.07, 6.45) is 3.87. The van der Waals surface area contributed by atoms with Gasteiger partial charge in [-0.05, 0) is 37.9 Å². The van der Waals surface area contributed by atoms with E-state index in [-0.39, 0.29) is 5.97 Å². The first kappa shape index (κ1) is 13.1. The number of likely N-dealkylation sites (tertiary alicyclic amines) is 1. The number of nitrogens with zero attached hydrogens (tertiary/aromatic N) is 1. The van der Waals surface area contributed by atoms with Gasteiger partial charge in [0.15, 0.2) is 0 Å². The average molecular weight is 252 g/mol. The molecular formula is C13H20N2O3. The van der Waals surface area contributed by atoms with Crippen LogP contribution in [0.25, 0.3) is 0 Å². The van der Waals surface area contributed by atoms with Crippen LogP contribution in [-0.2, 0) is 11.3 Å². The summed E-state index contributed by atoms with van der Waals surface area (Å²) in [4.78, 5) is 13.8. The number of rotatable bonds is 4. The first-order chi connectivity index (χ1) is 8.74. The molecule has 1 aliphatic rings. The van der Waals surface area contributed by atoms with E-state index in [2.05, 4.69) is 4.90 Å². The second-order valence-electron chi connectivity index (χ2n) is 4.73. The van der Waals surface area contributed by atoms with Crippen LogP contribution < -0.4 is 5.73 Å². The molecule has 100 valence electrons. The van der Waals surface area contributed by atoms with Gasteiger partial charge in [0.2, 0.25) is 0 Å². The van der Waals surface area contributed by atoms with Gasteiger partial charge in [0.1, 0.15) is 11.3 Å². The topological polar surface area (TPSA) is 68.7 Å². The zero-order chi connectivity index (χ0) is 13.0. The van der Waals surface area contributed by atoms with Crippen LogP contribution in [0.2, 0.25) is 0 Å². The lowest BCUT2D eigenvalue weighted by atomic mass is 9.98. The molecule has 2 N–H and O–H groups in total. The molecule has 5 heteroatoms. The van der Waals surface area contributed by atoms with Gasteiger partial charge >= 0.3 is 5.97 Å². The molecule has 18 heavy (non-hydrogen) atoms. The van der Waals surface area contributed by atoms with Crippen LogP contribution in [-0.4, -0.2) is 37.6 Å². The largest absolute Gasteiger partial charge is 0.467 e. The lowest BCUT2D eigenvalue weighted by Crippen LogP contribution is -2.38. The molecule has 1 fully saturated rings. The molecular weight excluding hydrogens is 232 g/mol. The Labute approximate surface area is 107 Å². The van der Waals surface area contributed by atoms with Crippen molar-refractivity contribution in [1.82, 2.24) is 4.90 Å². The summed E-state index contributed by atoms with van der Waals surface area (Å²) in [6, 6.07) is 1.66. The predicted octanol–water partition coefficient (Wildman–Crippen LogP) is 1.24. The van der Waals surface area contributed by atoms with Crippen LogP contribution >= 0.6 is 0 Å². The molecule has 1 aromatic rings. The molecule has 1 unspecified atom stereocenters. The first-order valence-electron chi connectivity index (χ1n) is 6.31. The summed E-state index contributed by atoms with van der Waals surface area (Å²) in [6.45, 7) is 3.36. The summed E-state index contributed by atoms with van der Waals surface area (Å²) < 4.78 is 10.1. The number of piperidine rings is 1. The van der Waals surface area contributed by atoms with Crippen molar-refractivity contribution in [3.63, 3.8) is 0 Å². The Hall–Kier alpha value is -1.33. The van der Waals surface area contributed by atoms with Crippen molar-refractivity contribution in [1.29, 1.82) is 0 Å². The van der Waals surface area contributed by atoms with Gasteiger partial charge < -0.3 is 14.9 Å². The molecule has 2 rings (SSSR count). The lowest BCUT2D eigenvalue weighted by Gasteiger charge is -2.31. The Morgan fingerprint density at radius 3 is 3.22 bits per heavy atom. The molecule has 5 nitrogen and oxygen atoms in total. The molecule has 0 bridgehead atoms. The predicted molar refractivity (Wildman–Crippen MR) is 67.1 cm³/mol. The van der Waals surface area contributed by atoms with Crippen LogP contribution in [0, 0.1) is 5.92 Å². The smallest absolute Gasteiger partial charge is 0.341 e. The van der Waals surface area contributed by atoms with Crippen molar-refractivity contribution in [3.05, 3.63) is 23.7 Å². The van der Waals surface area contributed by atoms with Crippen LogP contribution in [0.1, 0.15) is 29.0 Å². The van der Waals surface area contributed by atoms with E-state index >= 15 is 0 Å². The highest BCUT2D eigenvalue weighted by atomic mass is 16.5. The van der Waals surface area contributed by atoms with E-state index in [9.17, 15) is 4.79 Å². The zero-order valence-electron chi connectivity index (χ0n) is 10.7. The van der Waals surface area contributed by atoms with Crippen molar-refractivity contribution < 1.29 is 13.9 Å². The monoisotopic (exact) mass is 252 g/mol. The van der Waals surface area contributed by atoms with E-state index < -0.39 is 0 Å². The summed E-state index contributed by atoms with van der Waals surface area (Å²) in [7, 11) is 1.38. The Morgan fingerprint density at radius 1 is 1.67 bits per heavy atom. The number of nitrogens with two attached hydrogens (primary N) is 1. The fraction of sp³-hybridized carbons (Fsp3) is 0.615. The van der Waals surface area contributed by atoms with Crippen LogP contribution in [0.3, 0.4) is 0 Å². The summed E-state index contributed by atoms with van der Waals surface area (Å²) in [5.74, 6) is 0.890. The quantitative estimate of drug-likeness (QED) is 0.816. The van der Waals surface area contributed by atoms with Crippen LogP contribution in [0.15, 0.2) is 16.7 Å². The number of furan rings is 1. The Bertz CT molecular complexity index is 403. The summed E-state index contributed by atoms with van der Waals surface area (Å²) in [5, 5.41) is 0. The minimum atomic E-state index is -0.342. The fourth-order valence-corrected chi connectivity index (χ4v) is 2.45. The third-order valence-corrected chi connectivity index (χ3v) is 3.45. The number of hydrogen-bond donors (Lipinski definition) is 1. The molecule has 1 atom stereocenters. The van der Waals surface area contributed by atoms with Gasteiger partial charge in [0.05, 0.1) is 19.9 Å². The molecule has 0 spiro atoms. The highest BCUT2D eigenvalue weighted by Crippen LogP contribution is 2.20. The molecule has 2 heterocycles. The van der Waals surface area contributed by atoms with E-state index in [1.54, 1.807) is 6.07 Å². The highest BCUT2D eigenvalue weighted by molar-refractivity contribution is 5.90. The van der Waals surface area contributed by atoms with Gasteiger partial charge in [-0.15, -0.1) is 0 Å². The number of carbonyl (C=O) groups excluding carboxylic acids is 1. The maximum absolute atomic E-state index is 11.5. The van der Waals surface area contributed by atoms with Crippen molar-refractivity contribution in [2.75, 3.05) is 26.7 Å². The van der Waals surface area contributed by atoms with E-state index in [4.69, 9.17) is 14.9 Å². The molecule has 0 radical (unpaired) electrons. The maximum atomic E-state index is 11.5. The zero-order valence-corrected chi connectivity index (χ0v) is 10.7. The van der Waals surface area contributed by atoms with E-state index in [1.807, 2.05) is 0 Å². The van der Waals surface area contributed by atoms with Crippen LogP contribution in [0.4, 0.5) is 0 Å². The van der Waals surface area contributed by atoms with Crippen molar-refractivity contribution in [2.24, 2.45) is 11.7 Å². The average Bonchev–Trinajstić information content (AvgIpc) is 2.86. The highest BCUT2D eigenvalue weighted by Gasteiger charge is 2.22. The Morgan fingerprint density at radius 2 is 2.50 bits per heavy atom. The molecule has 1 aromatic heterocycles. The minimum absolute atomic E-state index is 0.342. The van der Waals surface area contributed by atoms with E-state index in [1.165, 1.54) is 19.8 Å². The Kier molecular flexibility index (Phi) is 4.38. The van der Waals surface area contributed by atoms with Gasteiger partial charge in [-0.25, -0.2) is 4.79 Å². The van der Waals surface area contributed by atoms with Crippen molar-refractivity contribution in [2.45, 2.75) is 19.4 Å². The number of esters is 1. The minimum Gasteiger partial charge on any atom is -0.467 e. The van der Waals surface area contributed by atoms with E-state index in [0.29, 0.717) is 23.8 Å². The third kappa shape index (κ3) is 2.91. The summed E-state index contributed by atoms with van der Waals surface area (Å²) >= 11 is 0. The van der Waals surface area contributed by atoms with Gasteiger partial charge in [0, 0.05) is 6.54 Å². The standard InChI is InChI=1S/C13H20N2O3/c1-17-13(16)11-4-6-18-12(11)9-15-5-2-3-10(7-14)8-15/h4,6,10H,2-3,5,7-9,14H2,1H3. The van der Waals surface area contributed by atoms with E-state index in [0.717, 1.165) is 26.1 Å². The van der Waals surface area contributed by atoms with Crippen molar-refractivity contribution in [3.8, 4) is 0 Å². The first-order valence-corrected chi connectivity index (χ1v) is 6.31. The molecule has 0 saturated carbocycles. The third-order valence-electron chi connectivity index (χ3n) is 3.45. The van der Waals surface area contributed by atoms with Gasteiger partial charge in [-0.3, -0.25) is 4.90 Å². The van der Waals surface area contributed by atoms with Gasteiger partial charge in [0.25, 0.3) is 0 Å². The molecule has 0 amide bonds.